The molecule has 1 amide bonds. The minimum absolute atomic E-state index is 0.180. The molecule has 2 aromatic rings. The molecule has 0 spiro atoms. The van der Waals surface area contributed by atoms with Crippen LogP contribution in [0.15, 0.2) is 6.33 Å². The lowest BCUT2D eigenvalue weighted by Gasteiger charge is -2.32. The van der Waals surface area contributed by atoms with Crippen molar-refractivity contribution in [2.75, 3.05) is 24.5 Å². The van der Waals surface area contributed by atoms with E-state index in [9.17, 15) is 4.79 Å². The minimum atomic E-state index is -0.973. The van der Waals surface area contributed by atoms with Crippen LogP contribution in [0.2, 0.25) is 5.28 Å². The average molecular weight is 311 g/mol. The minimum Gasteiger partial charge on any atom is -0.465 e. The molecule has 2 aromatic heterocycles. The maximum Gasteiger partial charge on any atom is 0.404 e. The monoisotopic (exact) mass is 310 g/mol. The van der Waals surface area contributed by atoms with Crippen molar-refractivity contribution in [3.05, 3.63) is 11.6 Å². The molecule has 1 aliphatic heterocycles. The van der Waals surface area contributed by atoms with Gasteiger partial charge in [-0.1, -0.05) is 0 Å². The number of aromatic nitrogens is 4. The second-order valence-corrected chi connectivity index (χ2v) is 5.37. The fraction of sp³-hybridized carbons (Fsp3) is 0.500. The molecular formula is C12H15ClN6O2. The number of nitrogens with one attached hydrogen (secondary N) is 2. The summed E-state index contributed by atoms with van der Waals surface area (Å²) in [6.45, 7) is 2.09. The summed E-state index contributed by atoms with van der Waals surface area (Å²) in [4.78, 5) is 28.2. The summed E-state index contributed by atoms with van der Waals surface area (Å²) in [6, 6.07) is 0. The van der Waals surface area contributed by atoms with E-state index in [0.717, 1.165) is 37.3 Å². The van der Waals surface area contributed by atoms with Gasteiger partial charge < -0.3 is 20.3 Å². The number of carboxylic acid groups (broad SMARTS) is 1. The van der Waals surface area contributed by atoms with Gasteiger partial charge in [0.15, 0.2) is 11.5 Å². The molecular weight excluding hydrogens is 296 g/mol. The number of carbonyl (C=O) groups is 1. The van der Waals surface area contributed by atoms with Gasteiger partial charge in [0.1, 0.15) is 5.52 Å². The van der Waals surface area contributed by atoms with Crippen molar-refractivity contribution in [1.82, 2.24) is 25.3 Å². The zero-order valence-corrected chi connectivity index (χ0v) is 12.0. The second-order valence-electron chi connectivity index (χ2n) is 5.03. The van der Waals surface area contributed by atoms with Crippen LogP contribution in [0.4, 0.5) is 10.6 Å². The van der Waals surface area contributed by atoms with Crippen molar-refractivity contribution in [3.63, 3.8) is 0 Å². The highest BCUT2D eigenvalue weighted by Crippen LogP contribution is 2.27. The molecule has 1 aliphatic rings. The molecule has 0 atom stereocenters. The zero-order chi connectivity index (χ0) is 14.8. The van der Waals surface area contributed by atoms with Gasteiger partial charge in [-0.25, -0.2) is 9.78 Å². The molecule has 8 nitrogen and oxygen atoms in total. The first-order chi connectivity index (χ1) is 10.1. The van der Waals surface area contributed by atoms with Crippen LogP contribution in [0, 0.1) is 5.92 Å². The van der Waals surface area contributed by atoms with Crippen molar-refractivity contribution in [2.45, 2.75) is 12.8 Å². The van der Waals surface area contributed by atoms with Gasteiger partial charge in [0.2, 0.25) is 5.28 Å². The number of imidazole rings is 1. The number of amides is 1. The fourth-order valence-electron chi connectivity index (χ4n) is 2.60. The van der Waals surface area contributed by atoms with Crippen molar-refractivity contribution < 1.29 is 9.90 Å². The lowest BCUT2D eigenvalue weighted by molar-refractivity contribution is 0.191. The standard InChI is InChI=1S/C12H15ClN6O2/c13-11-17-9-8(15-6-16-9)10(18-11)19-3-1-7(2-4-19)5-14-12(20)21/h6-7,14H,1-5H2,(H,20,21)(H,15,16,17,18). The third kappa shape index (κ3) is 2.99. The third-order valence-corrected chi connectivity index (χ3v) is 3.86. The first-order valence-corrected chi connectivity index (χ1v) is 7.09. The topological polar surface area (TPSA) is 107 Å². The number of anilines is 1. The lowest BCUT2D eigenvalue weighted by Crippen LogP contribution is -2.38. The largest absolute Gasteiger partial charge is 0.465 e. The number of H-pyrrole nitrogens is 1. The second kappa shape index (κ2) is 5.72. The Labute approximate surface area is 125 Å². The van der Waals surface area contributed by atoms with Crippen molar-refractivity contribution >= 4 is 34.7 Å². The van der Waals surface area contributed by atoms with Crippen molar-refractivity contribution in [1.29, 1.82) is 0 Å². The summed E-state index contributed by atoms with van der Waals surface area (Å²) >= 11 is 5.94. The maximum absolute atomic E-state index is 10.5. The van der Waals surface area contributed by atoms with E-state index >= 15 is 0 Å². The molecule has 0 aromatic carbocycles. The Morgan fingerprint density at radius 2 is 2.24 bits per heavy atom. The SMILES string of the molecule is O=C(O)NCC1CCN(c2nc(Cl)nc3nc[nH]c23)CC1. The summed E-state index contributed by atoms with van der Waals surface area (Å²) in [7, 11) is 0. The van der Waals surface area contributed by atoms with Crippen LogP contribution in [-0.2, 0) is 0 Å². The number of fused-ring (bicyclic) bond motifs is 1. The number of aromatic amines is 1. The van der Waals surface area contributed by atoms with Gasteiger partial charge in [0.25, 0.3) is 0 Å². The zero-order valence-electron chi connectivity index (χ0n) is 11.2. The molecule has 1 saturated heterocycles. The number of hydrogen-bond donors (Lipinski definition) is 3. The number of nitrogens with zero attached hydrogens (tertiary/aromatic N) is 4. The smallest absolute Gasteiger partial charge is 0.404 e. The summed E-state index contributed by atoms with van der Waals surface area (Å²) in [5, 5.41) is 11.3. The van der Waals surface area contributed by atoms with Crippen LogP contribution in [0.3, 0.4) is 0 Å². The molecule has 21 heavy (non-hydrogen) atoms. The van der Waals surface area contributed by atoms with Gasteiger partial charge in [-0.3, -0.25) is 0 Å². The highest BCUT2D eigenvalue weighted by molar-refractivity contribution is 6.28. The number of halogens is 1. The van der Waals surface area contributed by atoms with Crippen LogP contribution >= 0.6 is 11.6 Å². The number of hydrogen-bond acceptors (Lipinski definition) is 5. The highest BCUT2D eigenvalue weighted by Gasteiger charge is 2.23. The molecule has 0 radical (unpaired) electrons. The van der Waals surface area contributed by atoms with E-state index in [2.05, 4.69) is 30.2 Å². The Kier molecular flexibility index (Phi) is 3.78. The Morgan fingerprint density at radius 3 is 2.95 bits per heavy atom. The van der Waals surface area contributed by atoms with E-state index in [1.807, 2.05) is 0 Å². The first-order valence-electron chi connectivity index (χ1n) is 6.72. The quantitative estimate of drug-likeness (QED) is 0.741. The Morgan fingerprint density at radius 1 is 1.48 bits per heavy atom. The van der Waals surface area contributed by atoms with Gasteiger partial charge in [-0.15, -0.1) is 0 Å². The lowest BCUT2D eigenvalue weighted by atomic mass is 9.97. The molecule has 112 valence electrons. The number of piperidine rings is 1. The summed E-state index contributed by atoms with van der Waals surface area (Å²) < 4.78 is 0. The third-order valence-electron chi connectivity index (χ3n) is 3.70. The fourth-order valence-corrected chi connectivity index (χ4v) is 2.76. The molecule has 0 aliphatic carbocycles. The summed E-state index contributed by atoms with van der Waals surface area (Å²) in [6.07, 6.45) is 2.40. The van der Waals surface area contributed by atoms with Gasteiger partial charge >= 0.3 is 6.09 Å². The first kappa shape index (κ1) is 13.9. The van der Waals surface area contributed by atoms with E-state index in [1.54, 1.807) is 6.33 Å². The Hall–Kier alpha value is -2.09. The van der Waals surface area contributed by atoms with Gasteiger partial charge in [0, 0.05) is 19.6 Å². The Balaban J connectivity index is 1.71. The van der Waals surface area contributed by atoms with E-state index in [0.29, 0.717) is 18.1 Å². The van der Waals surface area contributed by atoms with Crippen LogP contribution < -0.4 is 10.2 Å². The summed E-state index contributed by atoms with van der Waals surface area (Å²) in [5.74, 6) is 1.11. The molecule has 1 fully saturated rings. The van der Waals surface area contributed by atoms with E-state index in [1.165, 1.54) is 0 Å². The van der Waals surface area contributed by atoms with Crippen LogP contribution in [0.1, 0.15) is 12.8 Å². The molecule has 0 unspecified atom stereocenters. The van der Waals surface area contributed by atoms with E-state index < -0.39 is 6.09 Å². The number of rotatable bonds is 3. The van der Waals surface area contributed by atoms with E-state index in [4.69, 9.17) is 16.7 Å². The van der Waals surface area contributed by atoms with Gasteiger partial charge in [-0.05, 0) is 30.4 Å². The molecule has 3 rings (SSSR count). The predicted octanol–water partition coefficient (Wildman–Crippen LogP) is 1.49. The predicted molar refractivity (Wildman–Crippen MR) is 77.7 cm³/mol. The van der Waals surface area contributed by atoms with Crippen LogP contribution in [-0.4, -0.2) is 50.8 Å². The van der Waals surface area contributed by atoms with Crippen LogP contribution in [0.5, 0.6) is 0 Å². The average Bonchev–Trinajstić information content (AvgIpc) is 2.93. The molecule has 9 heteroatoms. The summed E-state index contributed by atoms with van der Waals surface area (Å²) in [5.41, 5.74) is 1.33. The molecule has 3 N–H and O–H groups in total. The maximum atomic E-state index is 10.5. The van der Waals surface area contributed by atoms with Crippen molar-refractivity contribution in [2.24, 2.45) is 5.92 Å². The molecule has 3 heterocycles. The normalized spacial score (nSPS) is 16.3. The molecule has 0 saturated carbocycles. The van der Waals surface area contributed by atoms with Crippen molar-refractivity contribution in [3.8, 4) is 0 Å². The van der Waals surface area contributed by atoms with Gasteiger partial charge in [0.05, 0.1) is 6.33 Å². The van der Waals surface area contributed by atoms with E-state index in [-0.39, 0.29) is 5.28 Å². The van der Waals surface area contributed by atoms with Crippen LogP contribution in [0.25, 0.3) is 11.2 Å². The Bertz CT molecular complexity index is 652. The highest BCUT2D eigenvalue weighted by atomic mass is 35.5. The molecule has 0 bridgehead atoms. The van der Waals surface area contributed by atoms with Gasteiger partial charge in [-0.2, -0.15) is 9.97 Å².